The maximum absolute atomic E-state index is 12.5. The van der Waals surface area contributed by atoms with Crippen molar-refractivity contribution in [2.75, 3.05) is 0 Å². The smallest absolute Gasteiger partial charge is 0.275 e. The zero-order valence-electron chi connectivity index (χ0n) is 13.4. The Balaban J connectivity index is 1.70. The van der Waals surface area contributed by atoms with Crippen molar-refractivity contribution in [3.63, 3.8) is 0 Å². The van der Waals surface area contributed by atoms with Crippen LogP contribution in [0.1, 0.15) is 17.6 Å². The normalized spacial score (nSPS) is 11.6. The molecule has 0 fully saturated rings. The van der Waals surface area contributed by atoms with E-state index in [9.17, 15) is 9.59 Å². The molecule has 4 aromatic rings. The summed E-state index contributed by atoms with van der Waals surface area (Å²) >= 11 is 4.19. The Morgan fingerprint density at radius 2 is 2.12 bits per heavy atom. The molecule has 0 amide bonds. The van der Waals surface area contributed by atoms with Crippen molar-refractivity contribution < 1.29 is 0 Å². The van der Waals surface area contributed by atoms with Gasteiger partial charge in [0.1, 0.15) is 9.71 Å². The van der Waals surface area contributed by atoms with Crippen LogP contribution in [0.4, 0.5) is 0 Å². The topological polar surface area (TPSA) is 82.2 Å². The lowest BCUT2D eigenvalue weighted by Crippen LogP contribution is -2.21. The molecule has 4 heterocycles. The maximum atomic E-state index is 12.5. The molecule has 0 spiro atoms. The molecule has 0 aliphatic heterocycles. The number of thioether (sulfide) groups is 1. The summed E-state index contributed by atoms with van der Waals surface area (Å²) in [6, 6.07) is 3.33. The highest BCUT2D eigenvalue weighted by Crippen LogP contribution is 2.23. The highest BCUT2D eigenvalue weighted by Gasteiger charge is 2.13. The van der Waals surface area contributed by atoms with E-state index in [4.69, 9.17) is 0 Å². The number of hydrogen-bond donors (Lipinski definition) is 0. The second kappa shape index (κ2) is 6.36. The van der Waals surface area contributed by atoms with Gasteiger partial charge in [-0.05, 0) is 25.3 Å². The lowest BCUT2D eigenvalue weighted by Gasteiger charge is -2.09. The number of aromatic nitrogens is 5. The van der Waals surface area contributed by atoms with Crippen LogP contribution < -0.4 is 11.1 Å². The van der Waals surface area contributed by atoms with Crippen molar-refractivity contribution in [1.29, 1.82) is 0 Å². The summed E-state index contributed by atoms with van der Waals surface area (Å²) in [6.45, 7) is 4.31. The van der Waals surface area contributed by atoms with Crippen molar-refractivity contribution in [1.82, 2.24) is 24.1 Å². The summed E-state index contributed by atoms with van der Waals surface area (Å²) in [5.74, 6) is 0.463. The van der Waals surface area contributed by atoms with E-state index < -0.39 is 0 Å². The molecule has 0 aromatic carbocycles. The number of rotatable bonds is 4. The largest absolute Gasteiger partial charge is 0.287 e. The Hall–Kier alpha value is -2.04. The molecule has 10 heteroatoms. The van der Waals surface area contributed by atoms with E-state index in [2.05, 4.69) is 15.1 Å². The number of aryl methyl sites for hydroxylation is 1. The van der Waals surface area contributed by atoms with Gasteiger partial charge in [-0.1, -0.05) is 23.1 Å². The highest BCUT2D eigenvalue weighted by molar-refractivity contribution is 7.98. The average molecular weight is 392 g/mol. The lowest BCUT2D eigenvalue weighted by molar-refractivity contribution is 0.635. The quantitative estimate of drug-likeness (QED) is 0.393. The molecule has 0 bridgehead atoms. The average Bonchev–Trinajstić information content (AvgIpc) is 3.19. The highest BCUT2D eigenvalue weighted by atomic mass is 32.2. The van der Waals surface area contributed by atoms with Crippen LogP contribution in [-0.4, -0.2) is 24.1 Å². The van der Waals surface area contributed by atoms with E-state index in [1.54, 1.807) is 4.57 Å². The summed E-state index contributed by atoms with van der Waals surface area (Å²) in [7, 11) is 0. The van der Waals surface area contributed by atoms with E-state index in [1.807, 2.05) is 25.3 Å². The predicted molar refractivity (Wildman–Crippen MR) is 101 cm³/mol. The molecule has 128 valence electrons. The van der Waals surface area contributed by atoms with Crippen LogP contribution in [-0.2, 0) is 12.3 Å². The fourth-order valence-corrected chi connectivity index (χ4v) is 4.98. The molecule has 4 rings (SSSR count). The Labute approximate surface area is 154 Å². The number of thiophene rings is 1. The van der Waals surface area contributed by atoms with Gasteiger partial charge < -0.3 is 0 Å². The van der Waals surface area contributed by atoms with Gasteiger partial charge >= 0.3 is 0 Å². The van der Waals surface area contributed by atoms with E-state index in [-0.39, 0.29) is 11.1 Å². The van der Waals surface area contributed by atoms with E-state index in [0.717, 1.165) is 5.01 Å². The minimum absolute atomic E-state index is 0.0217. The molecule has 0 unspecified atom stereocenters. The van der Waals surface area contributed by atoms with Gasteiger partial charge in [-0.3, -0.25) is 14.2 Å². The van der Waals surface area contributed by atoms with Crippen molar-refractivity contribution >= 4 is 49.6 Å². The first kappa shape index (κ1) is 16.4. The molecule has 4 aromatic heterocycles. The Kier molecular flexibility index (Phi) is 4.18. The third-order valence-corrected chi connectivity index (χ3v) is 6.32. The van der Waals surface area contributed by atoms with Crippen molar-refractivity contribution in [3.05, 3.63) is 48.9 Å². The molecule has 0 N–H and O–H groups in total. The van der Waals surface area contributed by atoms with Gasteiger partial charge in [-0.25, -0.2) is 9.97 Å². The van der Waals surface area contributed by atoms with Crippen molar-refractivity contribution in [2.24, 2.45) is 0 Å². The van der Waals surface area contributed by atoms with Crippen molar-refractivity contribution in [3.8, 4) is 0 Å². The minimum Gasteiger partial charge on any atom is -0.287 e. The van der Waals surface area contributed by atoms with Crippen LogP contribution in [0.5, 0.6) is 0 Å². The maximum Gasteiger partial charge on any atom is 0.275 e. The van der Waals surface area contributed by atoms with Gasteiger partial charge in [0.05, 0.1) is 11.2 Å². The van der Waals surface area contributed by atoms with E-state index in [1.165, 1.54) is 45.0 Å². The molecule has 0 saturated heterocycles. The molecule has 0 radical (unpaired) electrons. The summed E-state index contributed by atoms with van der Waals surface area (Å²) in [5.41, 5.74) is 1.15. The molecular weight excluding hydrogens is 378 g/mol. The number of hydrogen-bond acceptors (Lipinski definition) is 8. The van der Waals surface area contributed by atoms with Crippen LogP contribution in [0.3, 0.4) is 0 Å². The van der Waals surface area contributed by atoms with Gasteiger partial charge in [0, 0.05) is 18.4 Å². The Bertz CT molecular complexity index is 1200. The Morgan fingerprint density at radius 1 is 1.28 bits per heavy atom. The van der Waals surface area contributed by atoms with E-state index in [0.29, 0.717) is 38.3 Å². The van der Waals surface area contributed by atoms with Crippen LogP contribution in [0.25, 0.3) is 15.2 Å². The summed E-state index contributed by atoms with van der Waals surface area (Å²) < 4.78 is 3.64. The first-order valence-electron chi connectivity index (χ1n) is 7.54. The third kappa shape index (κ3) is 2.90. The third-order valence-electron chi connectivity index (χ3n) is 3.60. The fourth-order valence-electron chi connectivity index (χ4n) is 2.48. The molecular formula is C15H13N5O2S3. The molecule has 0 aliphatic carbocycles. The van der Waals surface area contributed by atoms with Gasteiger partial charge in [0.2, 0.25) is 4.96 Å². The van der Waals surface area contributed by atoms with Crippen LogP contribution in [0.2, 0.25) is 0 Å². The first-order chi connectivity index (χ1) is 12.1. The van der Waals surface area contributed by atoms with Gasteiger partial charge in [0.15, 0.2) is 5.16 Å². The monoisotopic (exact) mass is 391 g/mol. The van der Waals surface area contributed by atoms with E-state index >= 15 is 0 Å². The van der Waals surface area contributed by atoms with Crippen LogP contribution in [0, 0.1) is 6.92 Å². The standard InChI is InChI=1S/C15H13N5O2S3/c1-3-19-13(22)12-10(4-5-23-12)17-14(19)24-7-9-6-11(21)20-15(16-9)25-8(2)18-20/h4-6H,3,7H2,1-2H3. The molecule has 0 saturated carbocycles. The number of nitrogens with zero attached hydrogens (tertiary/aromatic N) is 5. The van der Waals surface area contributed by atoms with Crippen molar-refractivity contribution in [2.45, 2.75) is 31.3 Å². The fraction of sp³-hybridized carbons (Fsp3) is 0.267. The summed E-state index contributed by atoms with van der Waals surface area (Å²) in [6.07, 6.45) is 0. The minimum atomic E-state index is -0.195. The molecule has 25 heavy (non-hydrogen) atoms. The predicted octanol–water partition coefficient (Wildman–Crippen LogP) is 2.54. The summed E-state index contributed by atoms with van der Waals surface area (Å²) in [5, 5.41) is 7.44. The second-order valence-electron chi connectivity index (χ2n) is 5.27. The van der Waals surface area contributed by atoms with Gasteiger partial charge in [0.25, 0.3) is 11.1 Å². The van der Waals surface area contributed by atoms with Crippen LogP contribution in [0.15, 0.2) is 32.3 Å². The van der Waals surface area contributed by atoms with Crippen LogP contribution >= 0.6 is 34.4 Å². The molecule has 0 aliphatic rings. The number of fused-ring (bicyclic) bond motifs is 2. The lowest BCUT2D eigenvalue weighted by atomic mass is 10.4. The van der Waals surface area contributed by atoms with Gasteiger partial charge in [-0.15, -0.1) is 11.3 Å². The SMILES string of the molecule is CCn1c(SCc2cc(=O)n3nc(C)sc3n2)nc2ccsc2c1=O. The van der Waals surface area contributed by atoms with Gasteiger partial charge in [-0.2, -0.15) is 9.61 Å². The second-order valence-corrected chi connectivity index (χ2v) is 8.29. The molecule has 7 nitrogen and oxygen atoms in total. The molecule has 0 atom stereocenters. The Morgan fingerprint density at radius 3 is 2.92 bits per heavy atom. The first-order valence-corrected chi connectivity index (χ1v) is 10.2. The zero-order chi connectivity index (χ0) is 17.6. The zero-order valence-corrected chi connectivity index (χ0v) is 15.9. The summed E-state index contributed by atoms with van der Waals surface area (Å²) in [4.78, 5) is 34.3.